The number of esters is 1. The third kappa shape index (κ3) is 4.88. The summed E-state index contributed by atoms with van der Waals surface area (Å²) in [5, 5.41) is 4.17. The van der Waals surface area contributed by atoms with Crippen LogP contribution in [0.5, 0.6) is 11.5 Å². The molecular weight excluding hydrogens is 296 g/mol. The molecule has 0 aliphatic heterocycles. The van der Waals surface area contributed by atoms with Crippen LogP contribution in [-0.4, -0.2) is 24.8 Å². The van der Waals surface area contributed by atoms with Crippen molar-refractivity contribution in [3.8, 4) is 11.5 Å². The average Bonchev–Trinajstić information content (AvgIpc) is 3.01. The van der Waals surface area contributed by atoms with Crippen LogP contribution in [0.2, 0.25) is 0 Å². The van der Waals surface area contributed by atoms with Crippen LogP contribution in [0.15, 0.2) is 46.1 Å². The predicted octanol–water partition coefficient (Wildman–Crippen LogP) is 3.23. The highest BCUT2D eigenvalue weighted by Gasteiger charge is 2.15. The van der Waals surface area contributed by atoms with Gasteiger partial charge in [-0.1, -0.05) is 0 Å². The number of nitrogens with one attached hydrogen (secondary N) is 1. The SMILES string of the molecule is COc1cc(/C=N/NC(C)(C)C)ccc1OC(=O)c1ccco1. The molecule has 0 aliphatic carbocycles. The maximum absolute atomic E-state index is 11.9. The zero-order valence-electron chi connectivity index (χ0n) is 13.6. The third-order valence-electron chi connectivity index (χ3n) is 2.73. The van der Waals surface area contributed by atoms with Crippen molar-refractivity contribution in [2.75, 3.05) is 7.11 Å². The van der Waals surface area contributed by atoms with Crippen molar-refractivity contribution >= 4 is 12.2 Å². The van der Waals surface area contributed by atoms with Crippen molar-refractivity contribution in [3.05, 3.63) is 47.9 Å². The van der Waals surface area contributed by atoms with Gasteiger partial charge in [-0.05, 0) is 56.7 Å². The quantitative estimate of drug-likeness (QED) is 0.397. The molecule has 1 aromatic carbocycles. The molecule has 2 aromatic rings. The number of hydrogen-bond donors (Lipinski definition) is 1. The van der Waals surface area contributed by atoms with Crippen LogP contribution in [-0.2, 0) is 0 Å². The molecule has 6 heteroatoms. The lowest BCUT2D eigenvalue weighted by molar-refractivity contribution is 0.0696. The summed E-state index contributed by atoms with van der Waals surface area (Å²) < 4.78 is 15.5. The van der Waals surface area contributed by atoms with Gasteiger partial charge in [0.25, 0.3) is 0 Å². The molecule has 1 heterocycles. The van der Waals surface area contributed by atoms with Crippen molar-refractivity contribution in [1.29, 1.82) is 0 Å². The van der Waals surface area contributed by atoms with Crippen molar-refractivity contribution in [3.63, 3.8) is 0 Å². The maximum Gasteiger partial charge on any atom is 0.379 e. The number of furan rings is 1. The first-order valence-electron chi connectivity index (χ1n) is 7.13. The van der Waals surface area contributed by atoms with E-state index in [9.17, 15) is 4.79 Å². The van der Waals surface area contributed by atoms with E-state index >= 15 is 0 Å². The van der Waals surface area contributed by atoms with Crippen LogP contribution < -0.4 is 14.9 Å². The summed E-state index contributed by atoms with van der Waals surface area (Å²) in [6, 6.07) is 8.32. The maximum atomic E-state index is 11.9. The first-order valence-corrected chi connectivity index (χ1v) is 7.13. The molecule has 1 N–H and O–H groups in total. The van der Waals surface area contributed by atoms with E-state index in [1.54, 1.807) is 30.5 Å². The molecule has 0 bridgehead atoms. The normalized spacial score (nSPS) is 11.5. The second-order valence-electron chi connectivity index (χ2n) is 5.90. The minimum Gasteiger partial charge on any atom is -0.493 e. The molecule has 2 rings (SSSR count). The van der Waals surface area contributed by atoms with Gasteiger partial charge in [-0.25, -0.2) is 4.79 Å². The molecule has 0 spiro atoms. The molecule has 0 saturated heterocycles. The van der Waals surface area contributed by atoms with Crippen LogP contribution in [0.4, 0.5) is 0 Å². The smallest absolute Gasteiger partial charge is 0.379 e. The zero-order chi connectivity index (χ0) is 16.9. The van der Waals surface area contributed by atoms with Crippen LogP contribution in [0.3, 0.4) is 0 Å². The van der Waals surface area contributed by atoms with Gasteiger partial charge in [0.2, 0.25) is 5.76 Å². The number of rotatable bonds is 5. The average molecular weight is 316 g/mol. The van der Waals surface area contributed by atoms with Crippen LogP contribution in [0.1, 0.15) is 36.9 Å². The third-order valence-corrected chi connectivity index (χ3v) is 2.73. The predicted molar refractivity (Wildman–Crippen MR) is 87.1 cm³/mol. The summed E-state index contributed by atoms with van der Waals surface area (Å²) in [6.07, 6.45) is 3.08. The topological polar surface area (TPSA) is 73.1 Å². The number of methoxy groups -OCH3 is 1. The Labute approximate surface area is 135 Å². The molecule has 0 saturated carbocycles. The number of ether oxygens (including phenoxy) is 2. The standard InChI is InChI=1S/C17H20N2O4/c1-17(2,3)19-18-11-12-7-8-13(15(10-12)21-4)23-16(20)14-6-5-9-22-14/h5-11,19H,1-4H3/b18-11+. The van der Waals surface area contributed by atoms with E-state index in [-0.39, 0.29) is 11.3 Å². The van der Waals surface area contributed by atoms with Gasteiger partial charge >= 0.3 is 5.97 Å². The van der Waals surface area contributed by atoms with E-state index in [1.165, 1.54) is 19.4 Å². The molecule has 0 aliphatic rings. The highest BCUT2D eigenvalue weighted by atomic mass is 16.6. The first kappa shape index (κ1) is 16.6. The van der Waals surface area contributed by atoms with E-state index in [1.807, 2.05) is 20.8 Å². The molecule has 0 fully saturated rings. The molecule has 0 amide bonds. The summed E-state index contributed by atoms with van der Waals surface area (Å²) in [7, 11) is 1.51. The molecule has 0 atom stereocenters. The van der Waals surface area contributed by atoms with E-state index in [0.717, 1.165) is 5.56 Å². The van der Waals surface area contributed by atoms with Gasteiger partial charge in [-0.2, -0.15) is 5.10 Å². The molecule has 23 heavy (non-hydrogen) atoms. The van der Waals surface area contributed by atoms with E-state index in [2.05, 4.69) is 10.5 Å². The van der Waals surface area contributed by atoms with Gasteiger partial charge in [-0.3, -0.25) is 0 Å². The van der Waals surface area contributed by atoms with Crippen LogP contribution in [0, 0.1) is 0 Å². The number of benzene rings is 1. The van der Waals surface area contributed by atoms with Crippen LogP contribution in [0.25, 0.3) is 0 Å². The summed E-state index contributed by atoms with van der Waals surface area (Å²) in [4.78, 5) is 11.9. The van der Waals surface area contributed by atoms with Crippen molar-refractivity contribution in [1.82, 2.24) is 5.43 Å². The summed E-state index contributed by atoms with van der Waals surface area (Å²) in [6.45, 7) is 6.05. The Hall–Kier alpha value is -2.76. The fourth-order valence-electron chi connectivity index (χ4n) is 1.69. The van der Waals surface area contributed by atoms with E-state index in [0.29, 0.717) is 11.5 Å². The zero-order valence-corrected chi connectivity index (χ0v) is 13.6. The monoisotopic (exact) mass is 316 g/mol. The van der Waals surface area contributed by atoms with Crippen LogP contribution >= 0.6 is 0 Å². The van der Waals surface area contributed by atoms with Gasteiger partial charge in [0.05, 0.1) is 19.6 Å². The fraction of sp³-hybridized carbons (Fsp3) is 0.294. The number of hydrazone groups is 1. The lowest BCUT2D eigenvalue weighted by Crippen LogP contribution is -2.31. The Balaban J connectivity index is 2.12. The largest absolute Gasteiger partial charge is 0.493 e. The van der Waals surface area contributed by atoms with Crippen molar-refractivity contribution in [2.45, 2.75) is 26.3 Å². The molecule has 0 unspecified atom stereocenters. The number of carbonyl (C=O) groups excluding carboxylic acids is 1. The van der Waals surface area contributed by atoms with Crippen molar-refractivity contribution in [2.24, 2.45) is 5.10 Å². The minimum absolute atomic E-state index is 0.112. The van der Waals surface area contributed by atoms with Crippen molar-refractivity contribution < 1.29 is 18.7 Å². The van der Waals surface area contributed by atoms with E-state index < -0.39 is 5.97 Å². The van der Waals surface area contributed by atoms with Gasteiger partial charge in [0.15, 0.2) is 11.5 Å². The highest BCUT2D eigenvalue weighted by Crippen LogP contribution is 2.28. The molecule has 0 radical (unpaired) electrons. The van der Waals surface area contributed by atoms with Gasteiger partial charge in [0, 0.05) is 5.54 Å². The Bertz CT molecular complexity index is 685. The second kappa shape index (κ2) is 7.00. The van der Waals surface area contributed by atoms with Gasteiger partial charge in [-0.15, -0.1) is 0 Å². The summed E-state index contributed by atoms with van der Waals surface area (Å²) >= 11 is 0. The number of carbonyl (C=O) groups is 1. The lowest BCUT2D eigenvalue weighted by Gasteiger charge is -2.17. The Morgan fingerprint density at radius 1 is 1.26 bits per heavy atom. The highest BCUT2D eigenvalue weighted by molar-refractivity contribution is 5.89. The Morgan fingerprint density at radius 2 is 2.04 bits per heavy atom. The molecule has 122 valence electrons. The Morgan fingerprint density at radius 3 is 2.65 bits per heavy atom. The molecule has 6 nitrogen and oxygen atoms in total. The molecular formula is C17H20N2O4. The first-order chi connectivity index (χ1) is 10.9. The van der Waals surface area contributed by atoms with E-state index in [4.69, 9.17) is 13.9 Å². The lowest BCUT2D eigenvalue weighted by atomic mass is 10.1. The fourth-order valence-corrected chi connectivity index (χ4v) is 1.69. The van der Waals surface area contributed by atoms with Gasteiger partial charge < -0.3 is 19.3 Å². The number of hydrogen-bond acceptors (Lipinski definition) is 6. The minimum atomic E-state index is -0.580. The Kier molecular flexibility index (Phi) is 5.05. The summed E-state index contributed by atoms with van der Waals surface area (Å²) in [5.74, 6) is 0.302. The summed E-state index contributed by atoms with van der Waals surface area (Å²) in [5.41, 5.74) is 3.71. The van der Waals surface area contributed by atoms with Gasteiger partial charge in [0.1, 0.15) is 0 Å². The second-order valence-corrected chi connectivity index (χ2v) is 5.90. The molecule has 1 aromatic heterocycles. The number of nitrogens with zero attached hydrogens (tertiary/aromatic N) is 1.